The van der Waals surface area contributed by atoms with E-state index in [0.717, 1.165) is 5.69 Å². The van der Waals surface area contributed by atoms with Crippen LogP contribution in [0.4, 0.5) is 0 Å². The summed E-state index contributed by atoms with van der Waals surface area (Å²) in [7, 11) is -3.41. The first kappa shape index (κ1) is 17.7. The van der Waals surface area contributed by atoms with Gasteiger partial charge in [0.2, 0.25) is 10.0 Å². The van der Waals surface area contributed by atoms with Gasteiger partial charge in [-0.25, -0.2) is 13.6 Å². The Morgan fingerprint density at radius 3 is 2.43 bits per heavy atom. The van der Waals surface area contributed by atoms with Crippen LogP contribution in [0.3, 0.4) is 0 Å². The topological polar surface area (TPSA) is 82.2 Å². The number of sulfonamides is 1. The fourth-order valence-corrected chi connectivity index (χ4v) is 3.06. The Labute approximate surface area is 141 Å². The number of carbonyl (C=O) groups is 1. The monoisotopic (exact) mass is 354 g/mol. The summed E-state index contributed by atoms with van der Waals surface area (Å²) in [5, 5.41) is 5.58. The van der Waals surface area contributed by atoms with Crippen molar-refractivity contribution in [1.82, 2.24) is 4.57 Å². The summed E-state index contributed by atoms with van der Waals surface area (Å²) in [6, 6.07) is 10.9. The average molecular weight is 355 g/mol. The molecule has 7 heteroatoms. The van der Waals surface area contributed by atoms with Crippen LogP contribution in [0.2, 0.25) is 5.02 Å². The maximum Gasteiger partial charge on any atom is 0.209 e. The van der Waals surface area contributed by atoms with Crippen molar-refractivity contribution in [2.75, 3.05) is 5.75 Å². The maximum absolute atomic E-state index is 12.3. The number of nitrogens with two attached hydrogens (primary N) is 1. The van der Waals surface area contributed by atoms with Crippen molar-refractivity contribution in [3.8, 4) is 5.69 Å². The molecular weight excluding hydrogens is 336 g/mol. The van der Waals surface area contributed by atoms with E-state index in [1.165, 1.54) is 0 Å². The normalized spacial score (nSPS) is 11.6. The largest absolute Gasteiger partial charge is 0.314 e. The van der Waals surface area contributed by atoms with Gasteiger partial charge in [0.15, 0.2) is 5.78 Å². The Kier molecular flexibility index (Phi) is 5.98. The summed E-state index contributed by atoms with van der Waals surface area (Å²) in [6.45, 7) is 0. The first-order valence-corrected chi connectivity index (χ1v) is 9.43. The third-order valence-corrected chi connectivity index (χ3v) is 4.58. The molecule has 0 bridgehead atoms. The van der Waals surface area contributed by atoms with E-state index in [1.807, 2.05) is 29.0 Å². The fraction of sp³-hybridized carbons (Fsp3) is 0.312. The second-order valence-electron chi connectivity index (χ2n) is 5.34. The highest BCUT2D eigenvalue weighted by Crippen LogP contribution is 2.18. The van der Waals surface area contributed by atoms with E-state index in [0.29, 0.717) is 36.4 Å². The Balaban J connectivity index is 1.93. The van der Waals surface area contributed by atoms with E-state index in [2.05, 4.69) is 0 Å². The SMILES string of the molecule is NS(=O)(=O)CCCCCC(=O)c1cccn1-c1ccc(Cl)cc1. The van der Waals surface area contributed by atoms with Crippen LogP contribution in [-0.2, 0) is 10.0 Å². The second kappa shape index (κ2) is 7.77. The van der Waals surface area contributed by atoms with Gasteiger partial charge in [0.25, 0.3) is 0 Å². The molecule has 1 aromatic carbocycles. The summed E-state index contributed by atoms with van der Waals surface area (Å²) < 4.78 is 23.5. The molecule has 0 saturated heterocycles. The summed E-state index contributed by atoms with van der Waals surface area (Å²) in [5.41, 5.74) is 1.48. The number of unbranched alkanes of at least 4 members (excludes halogenated alkanes) is 2. The van der Waals surface area contributed by atoms with E-state index in [1.54, 1.807) is 18.2 Å². The van der Waals surface area contributed by atoms with E-state index < -0.39 is 10.0 Å². The Morgan fingerprint density at radius 2 is 1.78 bits per heavy atom. The third-order valence-electron chi connectivity index (χ3n) is 3.47. The third kappa shape index (κ3) is 5.49. The molecule has 0 aliphatic carbocycles. The zero-order chi connectivity index (χ0) is 16.9. The molecule has 0 amide bonds. The minimum atomic E-state index is -3.41. The molecule has 0 spiro atoms. The van der Waals surface area contributed by atoms with Gasteiger partial charge >= 0.3 is 0 Å². The minimum absolute atomic E-state index is 0.0283. The lowest BCUT2D eigenvalue weighted by atomic mass is 10.1. The molecule has 0 unspecified atom stereocenters. The number of halogens is 1. The van der Waals surface area contributed by atoms with Crippen LogP contribution in [0.1, 0.15) is 36.2 Å². The zero-order valence-electron chi connectivity index (χ0n) is 12.6. The van der Waals surface area contributed by atoms with Crippen molar-refractivity contribution < 1.29 is 13.2 Å². The molecule has 0 aliphatic rings. The fourth-order valence-electron chi connectivity index (χ4n) is 2.33. The Bertz CT molecular complexity index is 767. The van der Waals surface area contributed by atoms with Crippen LogP contribution in [0.15, 0.2) is 42.6 Å². The maximum atomic E-state index is 12.3. The van der Waals surface area contributed by atoms with E-state index in [-0.39, 0.29) is 11.5 Å². The molecule has 2 rings (SSSR count). The zero-order valence-corrected chi connectivity index (χ0v) is 14.2. The number of rotatable bonds is 8. The average Bonchev–Trinajstić information content (AvgIpc) is 2.96. The molecule has 2 N–H and O–H groups in total. The van der Waals surface area contributed by atoms with Gasteiger partial charge in [-0.05, 0) is 49.2 Å². The lowest BCUT2D eigenvalue weighted by Gasteiger charge is -2.08. The molecule has 124 valence electrons. The summed E-state index contributed by atoms with van der Waals surface area (Å²) in [5.74, 6) is -0.0111. The van der Waals surface area contributed by atoms with Crippen molar-refractivity contribution in [2.24, 2.45) is 5.14 Å². The first-order chi connectivity index (χ1) is 10.9. The van der Waals surface area contributed by atoms with Crippen LogP contribution in [0, 0.1) is 0 Å². The predicted octanol–water partition coefficient (Wildman–Crippen LogP) is 3.16. The van der Waals surface area contributed by atoms with Crippen molar-refractivity contribution in [2.45, 2.75) is 25.7 Å². The van der Waals surface area contributed by atoms with Crippen LogP contribution in [0.5, 0.6) is 0 Å². The highest BCUT2D eigenvalue weighted by molar-refractivity contribution is 7.89. The van der Waals surface area contributed by atoms with E-state index in [4.69, 9.17) is 16.7 Å². The number of carbonyl (C=O) groups excluding carboxylic acids is 1. The molecule has 0 aliphatic heterocycles. The molecule has 0 atom stereocenters. The van der Waals surface area contributed by atoms with Crippen LogP contribution >= 0.6 is 11.6 Å². The van der Waals surface area contributed by atoms with Gasteiger partial charge in [0.1, 0.15) is 0 Å². The molecule has 0 radical (unpaired) electrons. The number of primary sulfonamides is 1. The Morgan fingerprint density at radius 1 is 1.09 bits per heavy atom. The molecule has 5 nitrogen and oxygen atoms in total. The number of ketones is 1. The van der Waals surface area contributed by atoms with Crippen LogP contribution in [0.25, 0.3) is 5.69 Å². The number of hydrogen-bond acceptors (Lipinski definition) is 3. The molecule has 1 heterocycles. The molecule has 1 aromatic heterocycles. The summed E-state index contributed by atoms with van der Waals surface area (Å²) >= 11 is 5.88. The molecular formula is C16H19ClN2O3S. The van der Waals surface area contributed by atoms with Crippen molar-refractivity contribution in [3.63, 3.8) is 0 Å². The minimum Gasteiger partial charge on any atom is -0.314 e. The first-order valence-electron chi connectivity index (χ1n) is 7.34. The van der Waals surface area contributed by atoms with Gasteiger partial charge in [-0.2, -0.15) is 0 Å². The van der Waals surface area contributed by atoms with Gasteiger partial charge in [0, 0.05) is 23.3 Å². The summed E-state index contributed by atoms with van der Waals surface area (Å²) in [4.78, 5) is 12.3. The van der Waals surface area contributed by atoms with Gasteiger partial charge in [-0.15, -0.1) is 0 Å². The lowest BCUT2D eigenvalue weighted by Crippen LogP contribution is -2.16. The van der Waals surface area contributed by atoms with Crippen LogP contribution in [-0.4, -0.2) is 24.5 Å². The predicted molar refractivity (Wildman–Crippen MR) is 91.6 cm³/mol. The van der Waals surface area contributed by atoms with E-state index >= 15 is 0 Å². The van der Waals surface area contributed by atoms with E-state index in [9.17, 15) is 13.2 Å². The smallest absolute Gasteiger partial charge is 0.209 e. The van der Waals surface area contributed by atoms with Gasteiger partial charge < -0.3 is 4.57 Å². The highest BCUT2D eigenvalue weighted by atomic mass is 35.5. The van der Waals surface area contributed by atoms with Gasteiger partial charge in [-0.1, -0.05) is 18.0 Å². The molecule has 0 fully saturated rings. The molecule has 2 aromatic rings. The van der Waals surface area contributed by atoms with Crippen molar-refractivity contribution in [3.05, 3.63) is 53.3 Å². The highest BCUT2D eigenvalue weighted by Gasteiger charge is 2.12. The Hall–Kier alpha value is -1.63. The summed E-state index contributed by atoms with van der Waals surface area (Å²) in [6.07, 6.45) is 3.98. The lowest BCUT2D eigenvalue weighted by molar-refractivity contribution is 0.0973. The number of Topliss-reactive ketones (excluding diaryl/α,β-unsaturated/α-hetero) is 1. The van der Waals surface area contributed by atoms with Gasteiger partial charge in [0.05, 0.1) is 11.4 Å². The van der Waals surface area contributed by atoms with Gasteiger partial charge in [-0.3, -0.25) is 4.79 Å². The quantitative estimate of drug-likeness (QED) is 0.584. The standard InChI is InChI=1S/C16H19ClN2O3S/c17-13-7-9-14(10-8-13)19-11-4-5-15(19)16(20)6-2-1-3-12-23(18,21)22/h4-5,7-11H,1-3,6,12H2,(H2,18,21,22). The molecule has 23 heavy (non-hydrogen) atoms. The number of hydrogen-bond donors (Lipinski definition) is 1. The number of benzene rings is 1. The van der Waals surface area contributed by atoms with Crippen molar-refractivity contribution in [1.29, 1.82) is 0 Å². The molecule has 0 saturated carbocycles. The number of nitrogens with zero attached hydrogens (tertiary/aromatic N) is 1. The second-order valence-corrected chi connectivity index (χ2v) is 7.51. The van der Waals surface area contributed by atoms with Crippen LogP contribution < -0.4 is 5.14 Å². The number of aromatic nitrogens is 1. The van der Waals surface area contributed by atoms with Crippen molar-refractivity contribution >= 4 is 27.4 Å².